The van der Waals surface area contributed by atoms with Gasteiger partial charge in [0.2, 0.25) is 11.9 Å². The van der Waals surface area contributed by atoms with Crippen LogP contribution in [0.5, 0.6) is 0 Å². The minimum Gasteiger partial charge on any atom is -0.454 e. The molecule has 196 valence electrons. The van der Waals surface area contributed by atoms with Crippen LogP contribution in [0.1, 0.15) is 66.5 Å². The van der Waals surface area contributed by atoms with Gasteiger partial charge in [-0.15, -0.1) is 0 Å². The third-order valence-corrected chi connectivity index (χ3v) is 8.13. The molecule has 5 aromatic rings. The molecule has 0 spiro atoms. The number of benzene rings is 3. The van der Waals surface area contributed by atoms with Crippen LogP contribution < -0.4 is 4.57 Å². The third kappa shape index (κ3) is 4.03. The van der Waals surface area contributed by atoms with Gasteiger partial charge in [0, 0.05) is 32.1 Å². The zero-order chi connectivity index (χ0) is 30.4. The molecule has 2 heterocycles. The van der Waals surface area contributed by atoms with Gasteiger partial charge in [0.15, 0.2) is 5.82 Å². The molecule has 4 heteroatoms. The van der Waals surface area contributed by atoms with E-state index < -0.39 is 18.1 Å². The van der Waals surface area contributed by atoms with Crippen molar-refractivity contribution in [3.05, 3.63) is 88.4 Å². The molecule has 0 fully saturated rings. The molecule has 0 aliphatic heterocycles. The maximum atomic E-state index is 15.3. The monoisotopic (exact) mass is 520 g/mol. The summed E-state index contributed by atoms with van der Waals surface area (Å²) in [5.74, 6) is -0.572. The molecule has 0 amide bonds. The maximum absolute atomic E-state index is 15.3. The summed E-state index contributed by atoms with van der Waals surface area (Å²) in [6, 6.07) is 18.2. The number of pyridine rings is 1. The summed E-state index contributed by atoms with van der Waals surface area (Å²) in [4.78, 5) is 0. The minimum atomic E-state index is -2.40. The molecule has 0 atom stereocenters. The fraction of sp³-hybridized carbons (Fsp3) is 0.314. The zero-order valence-electron chi connectivity index (χ0n) is 26.3. The van der Waals surface area contributed by atoms with Crippen molar-refractivity contribution in [1.29, 1.82) is 5.26 Å². The Balaban J connectivity index is 1.63. The second-order valence-electron chi connectivity index (χ2n) is 12.4. The van der Waals surface area contributed by atoms with Crippen LogP contribution in [0.15, 0.2) is 59.1 Å². The average molecular weight is 521 g/mol. The first-order valence-corrected chi connectivity index (χ1v) is 13.3. The standard InChI is InChI=1S/C35H34FN2O/c1-20-8-12-25-26-13-11-23(18-37)31(21-9-10-22-16-35(5,6)17-24(22)14-21)33(26)39-32(25)30(20)29-15-27(34(2,3)4)28(36)19-38(29)7/h8-15,19H,16-17H2,1-7H3/q+1/i2D3. The lowest BCUT2D eigenvalue weighted by molar-refractivity contribution is -0.662. The number of nitrogens with zero attached hydrogens (tertiary/aromatic N) is 2. The molecular weight excluding hydrogens is 483 g/mol. The first-order chi connectivity index (χ1) is 19.6. The molecule has 3 nitrogen and oxygen atoms in total. The SMILES string of the molecule is [2H]C([2H])([2H])C(C)(C)c1cc(-c2c(C)ccc3c2oc2c(-c4ccc5c(c4)CC(C)(C)C5)c(C#N)ccc23)[n+](C)cc1F. The highest BCUT2D eigenvalue weighted by atomic mass is 19.1. The molecule has 6 rings (SSSR count). The Bertz CT molecular complexity index is 1980. The van der Waals surface area contributed by atoms with E-state index in [-0.39, 0.29) is 11.0 Å². The van der Waals surface area contributed by atoms with Crippen LogP contribution >= 0.6 is 0 Å². The van der Waals surface area contributed by atoms with E-state index in [1.807, 2.05) is 31.2 Å². The van der Waals surface area contributed by atoms with Crippen LogP contribution in [-0.2, 0) is 25.3 Å². The number of aromatic nitrogens is 1. The van der Waals surface area contributed by atoms with Crippen molar-refractivity contribution in [2.24, 2.45) is 12.5 Å². The van der Waals surface area contributed by atoms with Gasteiger partial charge < -0.3 is 4.42 Å². The summed E-state index contributed by atoms with van der Waals surface area (Å²) < 4.78 is 47.9. The number of rotatable bonds is 2. The molecular formula is C35H34FN2O+. The summed E-state index contributed by atoms with van der Waals surface area (Å²) in [5.41, 5.74) is 7.35. The predicted molar refractivity (Wildman–Crippen MR) is 155 cm³/mol. The Morgan fingerprint density at radius 3 is 2.41 bits per heavy atom. The van der Waals surface area contributed by atoms with Gasteiger partial charge in [-0.25, -0.2) is 4.39 Å². The molecule has 1 aliphatic rings. The quantitative estimate of drug-likeness (QED) is 0.219. The van der Waals surface area contributed by atoms with Crippen LogP contribution in [0.2, 0.25) is 0 Å². The second kappa shape index (κ2) is 8.52. The van der Waals surface area contributed by atoms with Gasteiger partial charge in [0.1, 0.15) is 18.2 Å². The van der Waals surface area contributed by atoms with E-state index in [1.165, 1.54) is 17.3 Å². The van der Waals surface area contributed by atoms with Crippen LogP contribution in [0.4, 0.5) is 4.39 Å². The van der Waals surface area contributed by atoms with Crippen LogP contribution in [-0.4, -0.2) is 0 Å². The Hall–Kier alpha value is -3.97. The van der Waals surface area contributed by atoms with Crippen LogP contribution in [0.3, 0.4) is 0 Å². The summed E-state index contributed by atoms with van der Waals surface area (Å²) in [7, 11) is 1.75. The van der Waals surface area contributed by atoms with Crippen molar-refractivity contribution in [1.82, 2.24) is 0 Å². The average Bonchev–Trinajstić information content (AvgIpc) is 3.42. The largest absolute Gasteiger partial charge is 0.454 e. The number of hydrogen-bond acceptors (Lipinski definition) is 2. The summed E-state index contributed by atoms with van der Waals surface area (Å²) in [6.45, 7) is 7.20. The lowest BCUT2D eigenvalue weighted by atomic mass is 9.86. The van der Waals surface area contributed by atoms with Gasteiger partial charge in [-0.3, -0.25) is 0 Å². The summed E-state index contributed by atoms with van der Waals surface area (Å²) in [6.07, 6.45) is 3.35. The second-order valence-corrected chi connectivity index (χ2v) is 12.4. The number of nitriles is 1. The van der Waals surface area contributed by atoms with Crippen molar-refractivity contribution < 1.29 is 17.5 Å². The lowest BCUT2D eigenvalue weighted by Crippen LogP contribution is -2.33. The van der Waals surface area contributed by atoms with Gasteiger partial charge in [0.05, 0.1) is 17.2 Å². The topological polar surface area (TPSA) is 40.8 Å². The van der Waals surface area contributed by atoms with Crippen LogP contribution in [0, 0.1) is 29.5 Å². The van der Waals surface area contributed by atoms with Gasteiger partial charge >= 0.3 is 0 Å². The van der Waals surface area contributed by atoms with Crippen molar-refractivity contribution >= 4 is 21.9 Å². The number of fused-ring (bicyclic) bond motifs is 4. The molecule has 2 aromatic heterocycles. The molecule has 0 saturated carbocycles. The van der Waals surface area contributed by atoms with Gasteiger partial charge in [-0.2, -0.15) is 9.83 Å². The molecule has 0 bridgehead atoms. The van der Waals surface area contributed by atoms with Gasteiger partial charge in [-0.1, -0.05) is 64.9 Å². The van der Waals surface area contributed by atoms with Crippen LogP contribution in [0.25, 0.3) is 44.3 Å². The highest BCUT2D eigenvalue weighted by molar-refractivity contribution is 6.14. The van der Waals surface area contributed by atoms with Gasteiger partial charge in [0.25, 0.3) is 0 Å². The first-order valence-electron chi connectivity index (χ1n) is 14.8. The molecule has 0 radical (unpaired) electrons. The number of halogens is 1. The van der Waals surface area contributed by atoms with E-state index in [0.717, 1.165) is 45.9 Å². The van der Waals surface area contributed by atoms with E-state index in [0.29, 0.717) is 22.4 Å². The van der Waals surface area contributed by atoms with Gasteiger partial charge in [-0.05, 0) is 65.0 Å². The lowest BCUT2D eigenvalue weighted by Gasteiger charge is -2.19. The normalized spacial score (nSPS) is 16.1. The summed E-state index contributed by atoms with van der Waals surface area (Å²) in [5, 5.41) is 11.9. The zero-order valence-corrected chi connectivity index (χ0v) is 23.3. The van der Waals surface area contributed by atoms with Crippen molar-refractivity contribution in [2.75, 3.05) is 0 Å². The van der Waals surface area contributed by atoms with E-state index in [1.54, 1.807) is 31.5 Å². The molecule has 39 heavy (non-hydrogen) atoms. The highest BCUT2D eigenvalue weighted by Gasteiger charge is 2.30. The fourth-order valence-electron chi connectivity index (χ4n) is 6.26. The fourth-order valence-corrected chi connectivity index (χ4v) is 6.26. The minimum absolute atomic E-state index is 0.122. The Morgan fingerprint density at radius 1 is 1.00 bits per heavy atom. The van der Waals surface area contributed by atoms with E-state index in [9.17, 15) is 5.26 Å². The first kappa shape index (κ1) is 21.9. The molecule has 3 aromatic carbocycles. The van der Waals surface area contributed by atoms with E-state index in [2.05, 4.69) is 38.1 Å². The van der Waals surface area contributed by atoms with E-state index in [4.69, 9.17) is 8.53 Å². The maximum Gasteiger partial charge on any atom is 0.216 e. The number of furan rings is 1. The Labute approximate surface area is 233 Å². The van der Waals surface area contributed by atoms with E-state index >= 15 is 4.39 Å². The summed E-state index contributed by atoms with van der Waals surface area (Å²) >= 11 is 0. The number of hydrogen-bond donors (Lipinski definition) is 0. The highest BCUT2D eigenvalue weighted by Crippen LogP contribution is 2.44. The number of aryl methyl sites for hydroxylation is 2. The Morgan fingerprint density at radius 2 is 1.69 bits per heavy atom. The molecule has 0 unspecified atom stereocenters. The third-order valence-electron chi connectivity index (χ3n) is 8.13. The predicted octanol–water partition coefficient (Wildman–Crippen LogP) is 8.49. The van der Waals surface area contributed by atoms with Crippen molar-refractivity contribution in [2.45, 2.75) is 59.7 Å². The van der Waals surface area contributed by atoms with Crippen molar-refractivity contribution in [3.63, 3.8) is 0 Å². The molecule has 0 N–H and O–H groups in total. The molecule has 0 saturated heterocycles. The molecule has 1 aliphatic carbocycles. The smallest absolute Gasteiger partial charge is 0.216 e. The Kier molecular flexibility index (Phi) is 4.78. The van der Waals surface area contributed by atoms with Crippen molar-refractivity contribution in [3.8, 4) is 28.5 Å².